The molecule has 0 amide bonds. The van der Waals surface area contributed by atoms with Crippen LogP contribution in [0.25, 0.3) is 0 Å². The number of hydrogen-bond donors (Lipinski definition) is 0. The first kappa shape index (κ1) is 10.5. The fourth-order valence-electron chi connectivity index (χ4n) is 1.22. The highest BCUT2D eigenvalue weighted by atomic mass is 32.2. The molecule has 1 unspecified atom stereocenters. The number of hydrogen-bond acceptors (Lipinski definition) is 2. The third kappa shape index (κ3) is 2.73. The Hall–Kier alpha value is -1.00. The Labute approximate surface area is 94.0 Å². The average Bonchev–Trinajstić information content (AvgIpc) is 2.70. The van der Waals surface area contributed by atoms with Gasteiger partial charge in [-0.15, -0.1) is 0 Å². The van der Waals surface area contributed by atoms with Crippen molar-refractivity contribution in [2.24, 2.45) is 0 Å². The second kappa shape index (κ2) is 4.68. The van der Waals surface area contributed by atoms with Gasteiger partial charge in [-0.05, 0) is 40.6 Å². The van der Waals surface area contributed by atoms with Crippen molar-refractivity contribution in [3.63, 3.8) is 0 Å². The highest BCUT2D eigenvalue weighted by Crippen LogP contribution is 2.15. The van der Waals surface area contributed by atoms with E-state index >= 15 is 0 Å². The lowest BCUT2D eigenvalue weighted by atomic mass is 10.3. The molecular weight excluding hydrogens is 231 g/mol. The molecule has 0 aliphatic rings. The molecular formula is C11H9FOS2. The summed E-state index contributed by atoms with van der Waals surface area (Å²) in [6.07, 6.45) is 0. The van der Waals surface area contributed by atoms with Gasteiger partial charge in [0.15, 0.2) is 0 Å². The predicted molar refractivity (Wildman–Crippen MR) is 60.8 cm³/mol. The Balaban J connectivity index is 2.15. The molecule has 1 atom stereocenters. The summed E-state index contributed by atoms with van der Waals surface area (Å²) in [5.41, 5.74) is 1.03. The quantitative estimate of drug-likeness (QED) is 0.805. The van der Waals surface area contributed by atoms with Gasteiger partial charge in [0.1, 0.15) is 5.82 Å². The van der Waals surface area contributed by atoms with Gasteiger partial charge in [-0.1, -0.05) is 6.07 Å². The van der Waals surface area contributed by atoms with Crippen LogP contribution >= 0.6 is 11.3 Å². The maximum Gasteiger partial charge on any atom is 0.124 e. The van der Waals surface area contributed by atoms with Crippen LogP contribution in [-0.4, -0.2) is 4.21 Å². The van der Waals surface area contributed by atoms with E-state index in [0.717, 1.165) is 5.56 Å². The topological polar surface area (TPSA) is 17.1 Å². The molecule has 4 heteroatoms. The molecule has 1 heterocycles. The zero-order valence-electron chi connectivity index (χ0n) is 7.85. The van der Waals surface area contributed by atoms with Gasteiger partial charge in [-0.2, -0.15) is 11.3 Å². The maximum atomic E-state index is 12.9. The van der Waals surface area contributed by atoms with E-state index in [1.54, 1.807) is 23.5 Å². The van der Waals surface area contributed by atoms with Crippen LogP contribution in [0.4, 0.5) is 4.39 Å². The Morgan fingerprint density at radius 3 is 2.87 bits per heavy atom. The number of thiophene rings is 1. The highest BCUT2D eigenvalue weighted by molar-refractivity contribution is 7.84. The fourth-order valence-corrected chi connectivity index (χ4v) is 3.12. The van der Waals surface area contributed by atoms with E-state index in [1.807, 2.05) is 16.8 Å². The van der Waals surface area contributed by atoms with Crippen LogP contribution in [0.1, 0.15) is 5.56 Å². The SMILES string of the molecule is O=S(Cc1ccsc1)c1cccc(F)c1. The largest absolute Gasteiger partial charge is 0.254 e. The lowest BCUT2D eigenvalue weighted by Crippen LogP contribution is -1.95. The molecule has 78 valence electrons. The van der Waals surface area contributed by atoms with Crippen molar-refractivity contribution in [1.82, 2.24) is 0 Å². The first-order valence-electron chi connectivity index (χ1n) is 4.41. The Kier molecular flexibility index (Phi) is 3.28. The molecule has 0 aliphatic heterocycles. The molecule has 0 radical (unpaired) electrons. The van der Waals surface area contributed by atoms with Gasteiger partial charge in [-0.25, -0.2) is 4.39 Å². The van der Waals surface area contributed by atoms with Gasteiger partial charge < -0.3 is 0 Å². The molecule has 1 nitrogen and oxygen atoms in total. The molecule has 2 rings (SSSR count). The normalized spacial score (nSPS) is 12.6. The van der Waals surface area contributed by atoms with Gasteiger partial charge in [-0.3, -0.25) is 4.21 Å². The van der Waals surface area contributed by atoms with Crippen molar-refractivity contribution >= 4 is 22.1 Å². The van der Waals surface area contributed by atoms with E-state index in [0.29, 0.717) is 10.6 Å². The zero-order chi connectivity index (χ0) is 10.7. The fraction of sp³-hybridized carbons (Fsp3) is 0.0909. The molecule has 0 bridgehead atoms. The molecule has 0 spiro atoms. The van der Waals surface area contributed by atoms with Gasteiger partial charge >= 0.3 is 0 Å². The van der Waals surface area contributed by atoms with Crippen molar-refractivity contribution < 1.29 is 8.60 Å². The summed E-state index contributed by atoms with van der Waals surface area (Å²) in [5.74, 6) is 0.110. The highest BCUT2D eigenvalue weighted by Gasteiger charge is 2.06. The monoisotopic (exact) mass is 240 g/mol. The summed E-state index contributed by atoms with van der Waals surface area (Å²) >= 11 is 1.57. The van der Waals surface area contributed by atoms with E-state index in [9.17, 15) is 8.60 Å². The molecule has 15 heavy (non-hydrogen) atoms. The van der Waals surface area contributed by atoms with Crippen molar-refractivity contribution in [2.45, 2.75) is 10.6 Å². The van der Waals surface area contributed by atoms with Crippen LogP contribution in [0.3, 0.4) is 0 Å². The smallest absolute Gasteiger partial charge is 0.124 e. The third-order valence-electron chi connectivity index (χ3n) is 1.94. The van der Waals surface area contributed by atoms with Crippen LogP contribution in [0.5, 0.6) is 0 Å². The minimum Gasteiger partial charge on any atom is -0.254 e. The third-order valence-corrected chi connectivity index (χ3v) is 4.04. The lowest BCUT2D eigenvalue weighted by Gasteiger charge is -2.00. The van der Waals surface area contributed by atoms with Crippen molar-refractivity contribution in [2.75, 3.05) is 0 Å². The van der Waals surface area contributed by atoms with E-state index < -0.39 is 10.8 Å². The molecule has 0 fully saturated rings. The number of halogens is 1. The Bertz CT molecular complexity index is 465. The minimum absolute atomic E-state index is 0.342. The second-order valence-electron chi connectivity index (χ2n) is 3.08. The molecule has 0 saturated heterocycles. The van der Waals surface area contributed by atoms with E-state index in [2.05, 4.69) is 0 Å². The molecule has 0 aliphatic carbocycles. The first-order chi connectivity index (χ1) is 7.25. The van der Waals surface area contributed by atoms with E-state index in [1.165, 1.54) is 12.1 Å². The van der Waals surface area contributed by atoms with E-state index in [4.69, 9.17) is 0 Å². The van der Waals surface area contributed by atoms with Crippen molar-refractivity contribution in [1.29, 1.82) is 0 Å². The first-order valence-corrected chi connectivity index (χ1v) is 6.67. The standard InChI is InChI=1S/C11H9FOS2/c12-10-2-1-3-11(6-10)15(13)8-9-4-5-14-7-9/h1-7H,8H2. The summed E-state index contributed by atoms with van der Waals surface area (Å²) in [6, 6.07) is 7.87. The molecule has 0 N–H and O–H groups in total. The molecule has 1 aromatic heterocycles. The maximum absolute atomic E-state index is 12.9. The summed E-state index contributed by atoms with van der Waals surface area (Å²) in [7, 11) is -1.16. The van der Waals surface area contributed by atoms with Gasteiger partial charge in [0.25, 0.3) is 0 Å². The predicted octanol–water partition coefficient (Wildman–Crippen LogP) is 3.20. The summed E-state index contributed by atoms with van der Waals surface area (Å²) in [4.78, 5) is 0.543. The summed E-state index contributed by atoms with van der Waals surface area (Å²) < 4.78 is 24.7. The van der Waals surface area contributed by atoms with Crippen LogP contribution in [0, 0.1) is 5.82 Å². The van der Waals surface area contributed by atoms with E-state index in [-0.39, 0.29) is 5.82 Å². The van der Waals surface area contributed by atoms with Gasteiger partial charge in [0, 0.05) is 4.90 Å². The second-order valence-corrected chi connectivity index (χ2v) is 5.31. The minimum atomic E-state index is -1.16. The molecule has 0 saturated carbocycles. The van der Waals surface area contributed by atoms with Crippen LogP contribution < -0.4 is 0 Å². The van der Waals surface area contributed by atoms with Crippen LogP contribution in [0.15, 0.2) is 46.0 Å². The van der Waals surface area contributed by atoms with Gasteiger partial charge in [0.05, 0.1) is 16.6 Å². The Morgan fingerprint density at radius 1 is 1.33 bits per heavy atom. The summed E-state index contributed by atoms with van der Waals surface area (Å²) in [6.45, 7) is 0. The lowest BCUT2D eigenvalue weighted by molar-refractivity contribution is 0.622. The molecule has 2 aromatic rings. The summed E-state index contributed by atoms with van der Waals surface area (Å²) in [5, 5.41) is 3.90. The van der Waals surface area contributed by atoms with Crippen molar-refractivity contribution in [3.8, 4) is 0 Å². The number of benzene rings is 1. The zero-order valence-corrected chi connectivity index (χ0v) is 9.48. The van der Waals surface area contributed by atoms with Crippen molar-refractivity contribution in [3.05, 3.63) is 52.5 Å². The van der Waals surface area contributed by atoms with Crippen LogP contribution in [0.2, 0.25) is 0 Å². The Morgan fingerprint density at radius 2 is 2.20 bits per heavy atom. The van der Waals surface area contributed by atoms with Gasteiger partial charge in [0.2, 0.25) is 0 Å². The average molecular weight is 240 g/mol. The van der Waals surface area contributed by atoms with Crippen LogP contribution in [-0.2, 0) is 16.6 Å². The number of rotatable bonds is 3. The molecule has 1 aromatic carbocycles.